The predicted octanol–water partition coefficient (Wildman–Crippen LogP) is 4.69. The third-order valence-corrected chi connectivity index (χ3v) is 7.43. The Labute approximate surface area is 222 Å². The van der Waals surface area contributed by atoms with Gasteiger partial charge in [-0.15, -0.1) is 0 Å². The zero-order valence-electron chi connectivity index (χ0n) is 21.7. The Morgan fingerprint density at radius 1 is 0.868 bits per heavy atom. The van der Waals surface area contributed by atoms with Gasteiger partial charge in [-0.05, 0) is 67.4 Å². The number of anilines is 1. The number of nitrogens with zero attached hydrogens (tertiary/aromatic N) is 4. The van der Waals surface area contributed by atoms with Gasteiger partial charge in [0.2, 0.25) is 0 Å². The van der Waals surface area contributed by atoms with E-state index in [-0.39, 0.29) is 5.91 Å². The average molecular weight is 519 g/mol. The van der Waals surface area contributed by atoms with Crippen LogP contribution in [-0.4, -0.2) is 67.9 Å². The highest BCUT2D eigenvalue weighted by Crippen LogP contribution is 2.40. The molecule has 2 aliphatic rings. The van der Waals surface area contributed by atoms with E-state index in [0.29, 0.717) is 23.5 Å². The second-order valence-electron chi connectivity index (χ2n) is 9.70. The number of methoxy groups -OCH3 is 1. The summed E-state index contributed by atoms with van der Waals surface area (Å²) in [4.78, 5) is 25.2. The van der Waals surface area contributed by atoms with Crippen molar-refractivity contribution in [2.75, 3.05) is 51.3 Å². The minimum atomic E-state index is -1.43. The van der Waals surface area contributed by atoms with Gasteiger partial charge < -0.3 is 9.64 Å². The molecule has 0 aliphatic carbocycles. The number of hydrogen-bond acceptors (Lipinski definition) is 5. The number of carbonyl (C=O) groups excluding carboxylic acids is 1. The van der Waals surface area contributed by atoms with E-state index in [2.05, 4.69) is 15.9 Å². The number of rotatable bonds is 8. The normalized spacial score (nSPS) is 20.1. The standard InChI is InChI=1S/C30H32F2N4O2/c1-22-33-30(23-11-13-25(31)14-12-23,24-7-5-8-26(32)21-24)29(37)36(22)16-6-15-34-17-19-35(20-18-34)27-9-3-4-10-28(27)38-2/h3-5,7-14,21H,6,15-20H2,1-2H3. The SMILES string of the molecule is COc1ccccc1N1CCN(CCCN2C(=O)C(c3ccc(F)cc3)(c3cccc(F)c3)N=C2C)CC1. The van der Waals surface area contributed by atoms with Gasteiger partial charge >= 0.3 is 0 Å². The van der Waals surface area contributed by atoms with Gasteiger partial charge in [0.05, 0.1) is 12.8 Å². The molecule has 3 aromatic carbocycles. The van der Waals surface area contributed by atoms with Crippen LogP contribution in [0.4, 0.5) is 14.5 Å². The maximum absolute atomic E-state index is 14.2. The van der Waals surface area contributed by atoms with Gasteiger partial charge in [-0.2, -0.15) is 0 Å². The van der Waals surface area contributed by atoms with E-state index in [4.69, 9.17) is 9.73 Å². The first-order chi connectivity index (χ1) is 18.4. The first-order valence-electron chi connectivity index (χ1n) is 12.9. The van der Waals surface area contributed by atoms with Crippen LogP contribution in [0, 0.1) is 11.6 Å². The molecule has 8 heteroatoms. The first-order valence-corrected chi connectivity index (χ1v) is 12.9. The van der Waals surface area contributed by atoms with Crippen molar-refractivity contribution in [1.82, 2.24) is 9.80 Å². The largest absolute Gasteiger partial charge is 0.495 e. The summed E-state index contributed by atoms with van der Waals surface area (Å²) in [5.74, 6) is 0.358. The molecule has 0 spiro atoms. The van der Waals surface area contributed by atoms with E-state index in [1.165, 1.54) is 24.3 Å². The quantitative estimate of drug-likeness (QED) is 0.434. The van der Waals surface area contributed by atoms with E-state index in [9.17, 15) is 13.6 Å². The van der Waals surface area contributed by atoms with Crippen molar-refractivity contribution in [3.63, 3.8) is 0 Å². The number of carbonyl (C=O) groups is 1. The lowest BCUT2D eigenvalue weighted by Gasteiger charge is -2.36. The zero-order chi connectivity index (χ0) is 26.7. The molecular formula is C30H32F2N4O2. The Morgan fingerprint density at radius 2 is 1.61 bits per heavy atom. The first kappa shape index (κ1) is 25.9. The Balaban J connectivity index is 1.25. The summed E-state index contributed by atoms with van der Waals surface area (Å²) in [6.45, 7) is 6.78. The number of ether oxygens (including phenoxy) is 1. The summed E-state index contributed by atoms with van der Waals surface area (Å²) >= 11 is 0. The van der Waals surface area contributed by atoms with E-state index in [0.717, 1.165) is 50.6 Å². The van der Waals surface area contributed by atoms with Crippen LogP contribution in [-0.2, 0) is 10.3 Å². The summed E-state index contributed by atoms with van der Waals surface area (Å²) in [6.07, 6.45) is 0.774. The topological polar surface area (TPSA) is 48.4 Å². The fourth-order valence-corrected chi connectivity index (χ4v) is 5.46. The van der Waals surface area contributed by atoms with Crippen molar-refractivity contribution in [3.05, 3.63) is 95.6 Å². The molecule has 2 aliphatic heterocycles. The summed E-state index contributed by atoms with van der Waals surface area (Å²) in [7, 11) is 1.69. The van der Waals surface area contributed by atoms with Crippen LogP contribution in [0.5, 0.6) is 5.75 Å². The van der Waals surface area contributed by atoms with Gasteiger partial charge in [-0.3, -0.25) is 14.6 Å². The molecule has 2 heterocycles. The van der Waals surface area contributed by atoms with Crippen LogP contribution >= 0.6 is 0 Å². The second-order valence-corrected chi connectivity index (χ2v) is 9.70. The molecule has 0 saturated carbocycles. The van der Waals surface area contributed by atoms with E-state index < -0.39 is 17.2 Å². The van der Waals surface area contributed by atoms with Crippen LogP contribution in [0.3, 0.4) is 0 Å². The van der Waals surface area contributed by atoms with E-state index in [1.807, 2.05) is 18.2 Å². The van der Waals surface area contributed by atoms with E-state index in [1.54, 1.807) is 43.2 Å². The Morgan fingerprint density at radius 3 is 2.32 bits per heavy atom. The van der Waals surface area contributed by atoms with Crippen molar-refractivity contribution in [1.29, 1.82) is 0 Å². The van der Waals surface area contributed by atoms with Gasteiger partial charge in [0.1, 0.15) is 23.2 Å². The maximum atomic E-state index is 14.2. The highest BCUT2D eigenvalue weighted by Gasteiger charge is 2.50. The van der Waals surface area contributed by atoms with Gasteiger partial charge in [0.15, 0.2) is 5.54 Å². The monoisotopic (exact) mass is 518 g/mol. The molecule has 38 heavy (non-hydrogen) atoms. The summed E-state index contributed by atoms with van der Waals surface area (Å²) < 4.78 is 33.5. The Kier molecular flexibility index (Phi) is 7.42. The lowest BCUT2D eigenvalue weighted by molar-refractivity contribution is -0.130. The smallest absolute Gasteiger partial charge is 0.265 e. The molecule has 3 aromatic rings. The number of piperazine rings is 1. The number of amidine groups is 1. The molecule has 0 radical (unpaired) electrons. The van der Waals surface area contributed by atoms with Gasteiger partial charge in [0.25, 0.3) is 5.91 Å². The molecule has 0 bridgehead atoms. The highest BCUT2D eigenvalue weighted by molar-refractivity contribution is 6.09. The average Bonchev–Trinajstić information content (AvgIpc) is 3.19. The van der Waals surface area contributed by atoms with Crippen molar-refractivity contribution in [3.8, 4) is 5.75 Å². The van der Waals surface area contributed by atoms with Crippen molar-refractivity contribution in [2.45, 2.75) is 18.9 Å². The van der Waals surface area contributed by atoms with Crippen molar-refractivity contribution < 1.29 is 18.3 Å². The number of halogens is 2. The molecule has 0 aromatic heterocycles. The van der Waals surface area contributed by atoms with Crippen molar-refractivity contribution >= 4 is 17.4 Å². The third-order valence-electron chi connectivity index (χ3n) is 7.43. The predicted molar refractivity (Wildman–Crippen MR) is 145 cm³/mol. The molecule has 1 atom stereocenters. The molecule has 1 unspecified atom stereocenters. The molecule has 5 rings (SSSR count). The van der Waals surface area contributed by atoms with Crippen LogP contribution in [0.1, 0.15) is 24.5 Å². The number of benzene rings is 3. The summed E-state index contributed by atoms with van der Waals surface area (Å²) in [6, 6.07) is 19.7. The third kappa shape index (κ3) is 4.88. The number of hydrogen-bond donors (Lipinski definition) is 0. The molecular weight excluding hydrogens is 486 g/mol. The summed E-state index contributed by atoms with van der Waals surface area (Å²) in [5, 5.41) is 0. The Bertz CT molecular complexity index is 1320. The second kappa shape index (κ2) is 10.9. The fraction of sp³-hybridized carbons (Fsp3) is 0.333. The zero-order valence-corrected chi connectivity index (χ0v) is 21.7. The molecule has 1 amide bonds. The molecule has 198 valence electrons. The molecule has 6 nitrogen and oxygen atoms in total. The number of aliphatic imine (C=N–C) groups is 1. The molecule has 1 fully saturated rings. The van der Waals surface area contributed by atoms with Crippen LogP contribution in [0.2, 0.25) is 0 Å². The molecule has 0 N–H and O–H groups in total. The fourth-order valence-electron chi connectivity index (χ4n) is 5.46. The van der Waals surface area contributed by atoms with E-state index >= 15 is 0 Å². The highest BCUT2D eigenvalue weighted by atomic mass is 19.1. The van der Waals surface area contributed by atoms with Crippen LogP contribution in [0.25, 0.3) is 0 Å². The van der Waals surface area contributed by atoms with Crippen molar-refractivity contribution in [2.24, 2.45) is 4.99 Å². The minimum Gasteiger partial charge on any atom is -0.495 e. The Hall–Kier alpha value is -3.78. The van der Waals surface area contributed by atoms with Gasteiger partial charge in [0, 0.05) is 32.7 Å². The number of amides is 1. The van der Waals surface area contributed by atoms with Crippen LogP contribution in [0.15, 0.2) is 77.8 Å². The van der Waals surface area contributed by atoms with Gasteiger partial charge in [-0.1, -0.05) is 36.4 Å². The maximum Gasteiger partial charge on any atom is 0.265 e. The van der Waals surface area contributed by atoms with Crippen LogP contribution < -0.4 is 9.64 Å². The lowest BCUT2D eigenvalue weighted by atomic mass is 9.82. The lowest BCUT2D eigenvalue weighted by Crippen LogP contribution is -2.47. The molecule has 1 saturated heterocycles. The minimum absolute atomic E-state index is 0.242. The number of para-hydroxylation sites is 2. The summed E-state index contributed by atoms with van der Waals surface area (Å²) in [5.41, 5.74) is 0.631. The van der Waals surface area contributed by atoms with Gasteiger partial charge in [-0.25, -0.2) is 13.8 Å².